The number of nitrogens with zero attached hydrogens (tertiary/aromatic N) is 3. The van der Waals surface area contributed by atoms with E-state index in [-0.39, 0.29) is 11.0 Å². The van der Waals surface area contributed by atoms with Crippen LogP contribution in [0.25, 0.3) is 5.69 Å². The Morgan fingerprint density at radius 3 is 2.36 bits per heavy atom. The van der Waals surface area contributed by atoms with Crippen molar-refractivity contribution < 1.29 is 4.79 Å². The van der Waals surface area contributed by atoms with E-state index in [0.717, 1.165) is 29.9 Å². The van der Waals surface area contributed by atoms with Gasteiger partial charge in [0.05, 0.1) is 10.9 Å². The molecule has 126 valence electrons. The van der Waals surface area contributed by atoms with Crippen molar-refractivity contribution in [2.24, 2.45) is 0 Å². The van der Waals surface area contributed by atoms with Crippen molar-refractivity contribution in [3.05, 3.63) is 72.1 Å². The van der Waals surface area contributed by atoms with Gasteiger partial charge in [-0.2, -0.15) is 0 Å². The van der Waals surface area contributed by atoms with Gasteiger partial charge in [0.2, 0.25) is 5.16 Å². The predicted octanol–water partition coefficient (Wildman–Crippen LogP) is 4.51. The van der Waals surface area contributed by atoms with Gasteiger partial charge in [0, 0.05) is 11.5 Å². The first-order valence-electron chi connectivity index (χ1n) is 8.50. The summed E-state index contributed by atoms with van der Waals surface area (Å²) in [6.07, 6.45) is 2.32. The molecular weight excluding hydrogens is 330 g/mol. The quantitative estimate of drug-likeness (QED) is 0.485. The van der Waals surface area contributed by atoms with E-state index in [9.17, 15) is 4.79 Å². The first-order chi connectivity index (χ1) is 12.2. The molecule has 1 aromatic heterocycles. The second-order valence-corrected chi connectivity index (χ2v) is 7.57. The lowest BCUT2D eigenvalue weighted by molar-refractivity contribution is 0.0994. The fraction of sp³-hybridized carbons (Fsp3) is 0.250. The van der Waals surface area contributed by atoms with Crippen LogP contribution in [0, 0.1) is 0 Å². The fourth-order valence-corrected chi connectivity index (χ4v) is 3.60. The second kappa shape index (κ2) is 6.84. The minimum atomic E-state index is -0.221. The molecule has 0 saturated heterocycles. The Kier molecular flexibility index (Phi) is 4.40. The zero-order valence-electron chi connectivity index (χ0n) is 14.0. The van der Waals surface area contributed by atoms with Crippen molar-refractivity contribution in [1.29, 1.82) is 0 Å². The molecule has 0 radical (unpaired) electrons. The molecule has 2 aromatic carbocycles. The first kappa shape index (κ1) is 16.1. The molecule has 0 spiro atoms. The maximum absolute atomic E-state index is 12.6. The summed E-state index contributed by atoms with van der Waals surface area (Å²) in [5, 5.41) is 5.12. The highest BCUT2D eigenvalue weighted by Crippen LogP contribution is 2.40. The maximum Gasteiger partial charge on any atom is 0.209 e. The lowest BCUT2D eigenvalue weighted by atomic mass is 10.1. The van der Waals surface area contributed by atoms with Crippen LogP contribution in [0.15, 0.2) is 65.8 Å². The van der Waals surface area contributed by atoms with Crippen LogP contribution in [0.2, 0.25) is 0 Å². The molecule has 0 N–H and O–H groups in total. The second-order valence-electron chi connectivity index (χ2n) is 6.26. The molecule has 25 heavy (non-hydrogen) atoms. The Morgan fingerprint density at radius 2 is 1.72 bits per heavy atom. The summed E-state index contributed by atoms with van der Waals surface area (Å²) >= 11 is 1.43. The molecule has 3 aromatic rings. The molecule has 1 saturated carbocycles. The van der Waals surface area contributed by atoms with Crippen LogP contribution >= 0.6 is 11.8 Å². The average molecular weight is 349 g/mol. The fourth-order valence-electron chi connectivity index (χ4n) is 2.77. The molecule has 0 amide bonds. The predicted molar refractivity (Wildman–Crippen MR) is 99.4 cm³/mol. The summed E-state index contributed by atoms with van der Waals surface area (Å²) in [5.41, 5.74) is 1.75. The van der Waals surface area contributed by atoms with Crippen molar-refractivity contribution in [3.63, 3.8) is 0 Å². The van der Waals surface area contributed by atoms with Gasteiger partial charge in [-0.15, -0.1) is 5.10 Å². The van der Waals surface area contributed by atoms with Crippen molar-refractivity contribution in [2.75, 3.05) is 0 Å². The van der Waals surface area contributed by atoms with Crippen LogP contribution < -0.4 is 0 Å². The lowest BCUT2D eigenvalue weighted by Gasteiger charge is -2.07. The normalized spacial score (nSPS) is 15.1. The van der Waals surface area contributed by atoms with Gasteiger partial charge in [0.15, 0.2) is 5.78 Å². The number of carbonyl (C=O) groups excluding carboxylic acids is 1. The molecule has 4 nitrogen and oxygen atoms in total. The van der Waals surface area contributed by atoms with Gasteiger partial charge in [0.1, 0.15) is 5.82 Å². The van der Waals surface area contributed by atoms with Crippen molar-refractivity contribution in [3.8, 4) is 5.69 Å². The van der Waals surface area contributed by atoms with Crippen LogP contribution in [0.4, 0.5) is 0 Å². The van der Waals surface area contributed by atoms with E-state index in [2.05, 4.69) is 5.10 Å². The van der Waals surface area contributed by atoms with Gasteiger partial charge in [-0.05, 0) is 31.9 Å². The SMILES string of the molecule is CC(Sc1nc(C2CC2)n(-c2ccccc2)n1)C(=O)c1ccccc1. The van der Waals surface area contributed by atoms with E-state index >= 15 is 0 Å². The molecule has 1 unspecified atom stereocenters. The number of carbonyl (C=O) groups is 1. The third kappa shape index (κ3) is 3.51. The highest BCUT2D eigenvalue weighted by atomic mass is 32.2. The summed E-state index contributed by atoms with van der Waals surface area (Å²) in [6.45, 7) is 1.92. The third-order valence-corrected chi connectivity index (χ3v) is 5.22. The highest BCUT2D eigenvalue weighted by Gasteiger charge is 2.31. The van der Waals surface area contributed by atoms with Crippen molar-refractivity contribution >= 4 is 17.5 Å². The summed E-state index contributed by atoms with van der Waals surface area (Å²) in [4.78, 5) is 17.3. The van der Waals surface area contributed by atoms with Crippen molar-refractivity contribution in [1.82, 2.24) is 14.8 Å². The molecule has 1 fully saturated rings. The number of hydrogen-bond donors (Lipinski definition) is 0. The minimum Gasteiger partial charge on any atom is -0.293 e. The van der Waals surface area contributed by atoms with Gasteiger partial charge in [-0.1, -0.05) is 60.3 Å². The Balaban J connectivity index is 1.58. The summed E-state index contributed by atoms with van der Waals surface area (Å²) in [6, 6.07) is 19.5. The van der Waals surface area contributed by atoms with Crippen molar-refractivity contribution in [2.45, 2.75) is 36.1 Å². The summed E-state index contributed by atoms with van der Waals surface area (Å²) < 4.78 is 1.93. The van der Waals surface area contributed by atoms with Gasteiger partial charge < -0.3 is 0 Å². The largest absolute Gasteiger partial charge is 0.293 e. The number of hydrogen-bond acceptors (Lipinski definition) is 4. The summed E-state index contributed by atoms with van der Waals surface area (Å²) in [7, 11) is 0. The Hall–Kier alpha value is -2.40. The van der Waals surface area contributed by atoms with E-state index < -0.39 is 0 Å². The number of para-hydroxylation sites is 1. The number of benzene rings is 2. The van der Waals surface area contributed by atoms with E-state index in [0.29, 0.717) is 11.1 Å². The minimum absolute atomic E-state index is 0.106. The van der Waals surface area contributed by atoms with Crippen LogP contribution in [0.3, 0.4) is 0 Å². The zero-order valence-corrected chi connectivity index (χ0v) is 14.8. The van der Waals surface area contributed by atoms with Crippen LogP contribution in [-0.2, 0) is 0 Å². The zero-order chi connectivity index (χ0) is 17.2. The number of ketones is 1. The molecule has 1 aliphatic rings. The first-order valence-corrected chi connectivity index (χ1v) is 9.38. The standard InChI is InChI=1S/C20H19N3OS/c1-14(18(24)15-8-4-2-5-9-15)25-20-21-19(16-12-13-16)23(22-20)17-10-6-3-7-11-17/h2-11,14,16H,12-13H2,1H3. The number of aromatic nitrogens is 3. The Bertz CT molecular complexity index is 872. The van der Waals surface area contributed by atoms with Gasteiger partial charge in [0.25, 0.3) is 0 Å². The molecule has 1 atom stereocenters. The van der Waals surface area contributed by atoms with Gasteiger partial charge in [-0.3, -0.25) is 4.79 Å². The third-order valence-electron chi connectivity index (χ3n) is 4.27. The molecular formula is C20H19N3OS. The molecule has 1 aliphatic carbocycles. The van der Waals surface area contributed by atoms with Crippen LogP contribution in [0.1, 0.15) is 41.9 Å². The van der Waals surface area contributed by atoms with Gasteiger partial charge in [-0.25, -0.2) is 9.67 Å². The topological polar surface area (TPSA) is 47.8 Å². The Labute approximate surface area is 151 Å². The molecule has 0 aliphatic heterocycles. The van der Waals surface area contributed by atoms with Crippen LogP contribution in [-0.4, -0.2) is 25.8 Å². The Morgan fingerprint density at radius 1 is 1.08 bits per heavy atom. The molecule has 0 bridgehead atoms. The van der Waals surface area contributed by atoms with E-state index in [1.165, 1.54) is 11.8 Å². The molecule has 4 rings (SSSR count). The summed E-state index contributed by atoms with van der Waals surface area (Å²) in [5.74, 6) is 1.60. The average Bonchev–Trinajstić information content (AvgIpc) is 3.43. The number of thioether (sulfide) groups is 1. The van der Waals surface area contributed by atoms with E-state index in [4.69, 9.17) is 4.98 Å². The number of rotatable bonds is 6. The maximum atomic E-state index is 12.6. The van der Waals surface area contributed by atoms with Gasteiger partial charge >= 0.3 is 0 Å². The highest BCUT2D eigenvalue weighted by molar-refractivity contribution is 8.00. The van der Waals surface area contributed by atoms with E-state index in [1.54, 1.807) is 0 Å². The monoisotopic (exact) mass is 349 g/mol. The molecule has 1 heterocycles. The van der Waals surface area contributed by atoms with E-state index in [1.807, 2.05) is 72.3 Å². The number of Topliss-reactive ketones (excluding diaryl/α,β-unsaturated/α-hetero) is 1. The smallest absolute Gasteiger partial charge is 0.209 e. The molecule has 5 heteroatoms. The lowest BCUT2D eigenvalue weighted by Crippen LogP contribution is -2.13. The van der Waals surface area contributed by atoms with Crippen LogP contribution in [0.5, 0.6) is 0 Å².